The Balaban J connectivity index is 2.12. The number of nitrogen functional groups attached to an aromatic ring is 1. The highest BCUT2D eigenvalue weighted by Crippen LogP contribution is 2.17. The van der Waals surface area contributed by atoms with E-state index in [0.717, 1.165) is 0 Å². The van der Waals surface area contributed by atoms with Gasteiger partial charge in [0.1, 0.15) is 12.4 Å². The van der Waals surface area contributed by atoms with E-state index in [1.54, 1.807) is 13.0 Å². The molecular weight excluding hydrogens is 226 g/mol. The second kappa shape index (κ2) is 4.46. The van der Waals surface area contributed by atoms with E-state index in [1.807, 2.05) is 5.43 Å². The zero-order chi connectivity index (χ0) is 12.4. The highest BCUT2D eigenvalue weighted by atomic mass is 16.6. The highest BCUT2D eigenvalue weighted by molar-refractivity contribution is 5.92. The van der Waals surface area contributed by atoms with Crippen LogP contribution in [0.4, 0.5) is 4.79 Å². The third-order valence-electron chi connectivity index (χ3n) is 2.50. The predicted octanol–water partition coefficient (Wildman–Crippen LogP) is 0.144. The number of hydrazine groups is 1. The van der Waals surface area contributed by atoms with E-state index in [2.05, 4.69) is 0 Å². The highest BCUT2D eigenvalue weighted by Gasteiger charge is 2.24. The third-order valence-corrected chi connectivity index (χ3v) is 2.50. The van der Waals surface area contributed by atoms with E-state index in [0.29, 0.717) is 24.5 Å². The fraction of sp³-hybridized carbons (Fsp3) is 0.400. The van der Waals surface area contributed by atoms with E-state index in [-0.39, 0.29) is 18.4 Å². The summed E-state index contributed by atoms with van der Waals surface area (Å²) in [5, 5.41) is 0. The van der Waals surface area contributed by atoms with E-state index in [1.165, 1.54) is 4.90 Å². The van der Waals surface area contributed by atoms with E-state index >= 15 is 0 Å². The molecule has 17 heavy (non-hydrogen) atoms. The molecule has 1 aliphatic heterocycles. The first-order valence-electron chi connectivity index (χ1n) is 5.13. The standard InChI is InChI=1S/C10H13N3O4/c1-6-4-7(17-8(6)9(14)12-11)5-13-2-3-16-10(13)15/h4H,2-3,5,11H2,1H3,(H,12,14). The molecule has 2 heterocycles. The number of carbonyl (C=O) groups excluding carboxylic acids is 2. The Morgan fingerprint density at radius 1 is 1.65 bits per heavy atom. The van der Waals surface area contributed by atoms with Gasteiger partial charge in [0, 0.05) is 5.56 Å². The lowest BCUT2D eigenvalue weighted by Gasteiger charge is -2.09. The summed E-state index contributed by atoms with van der Waals surface area (Å²) in [4.78, 5) is 24.0. The predicted molar refractivity (Wildman–Crippen MR) is 56.9 cm³/mol. The fourth-order valence-electron chi connectivity index (χ4n) is 1.67. The van der Waals surface area contributed by atoms with Crippen molar-refractivity contribution < 1.29 is 18.7 Å². The van der Waals surface area contributed by atoms with Crippen LogP contribution in [0, 0.1) is 6.92 Å². The lowest BCUT2D eigenvalue weighted by Crippen LogP contribution is -2.30. The van der Waals surface area contributed by atoms with Gasteiger partial charge in [-0.15, -0.1) is 0 Å². The van der Waals surface area contributed by atoms with Crippen LogP contribution in [0.5, 0.6) is 0 Å². The van der Waals surface area contributed by atoms with Crippen LogP contribution >= 0.6 is 0 Å². The molecule has 0 atom stereocenters. The molecule has 3 N–H and O–H groups in total. The molecule has 1 fully saturated rings. The van der Waals surface area contributed by atoms with Gasteiger partial charge in [0.05, 0.1) is 13.1 Å². The Hall–Kier alpha value is -2.02. The van der Waals surface area contributed by atoms with Gasteiger partial charge in [-0.05, 0) is 13.0 Å². The number of cyclic esters (lactones) is 1. The Labute approximate surface area is 97.5 Å². The number of hydrogen-bond acceptors (Lipinski definition) is 5. The van der Waals surface area contributed by atoms with Gasteiger partial charge < -0.3 is 9.15 Å². The maximum atomic E-state index is 11.3. The van der Waals surface area contributed by atoms with Crippen LogP contribution in [0.2, 0.25) is 0 Å². The third kappa shape index (κ3) is 2.23. The smallest absolute Gasteiger partial charge is 0.410 e. The summed E-state index contributed by atoms with van der Waals surface area (Å²) in [6.07, 6.45) is -0.371. The zero-order valence-electron chi connectivity index (χ0n) is 9.36. The molecule has 7 nitrogen and oxygen atoms in total. The number of amides is 2. The Morgan fingerprint density at radius 2 is 2.41 bits per heavy atom. The Bertz CT molecular complexity index is 454. The van der Waals surface area contributed by atoms with Crippen LogP contribution in [0.1, 0.15) is 21.9 Å². The van der Waals surface area contributed by atoms with Gasteiger partial charge in [0.25, 0.3) is 0 Å². The summed E-state index contributed by atoms with van der Waals surface area (Å²) in [6, 6.07) is 1.70. The molecule has 1 aromatic rings. The van der Waals surface area contributed by atoms with Gasteiger partial charge >= 0.3 is 12.0 Å². The monoisotopic (exact) mass is 239 g/mol. The lowest BCUT2D eigenvalue weighted by molar-refractivity contribution is 0.0922. The van der Waals surface area contributed by atoms with Gasteiger partial charge in [-0.25, -0.2) is 10.6 Å². The van der Waals surface area contributed by atoms with Crippen molar-refractivity contribution in [2.45, 2.75) is 13.5 Å². The van der Waals surface area contributed by atoms with Gasteiger partial charge in [-0.3, -0.25) is 15.1 Å². The van der Waals surface area contributed by atoms with Crippen molar-refractivity contribution in [1.82, 2.24) is 10.3 Å². The second-order valence-electron chi connectivity index (χ2n) is 3.73. The first kappa shape index (κ1) is 11.5. The number of furan rings is 1. The molecule has 1 aromatic heterocycles. The van der Waals surface area contributed by atoms with Crippen LogP contribution in [0.25, 0.3) is 0 Å². The molecular formula is C10H13N3O4. The van der Waals surface area contributed by atoms with Gasteiger partial charge in [-0.1, -0.05) is 0 Å². The minimum Gasteiger partial charge on any atom is -0.454 e. The van der Waals surface area contributed by atoms with Gasteiger partial charge in [0.15, 0.2) is 5.76 Å². The molecule has 1 saturated heterocycles. The van der Waals surface area contributed by atoms with Crippen LogP contribution in [0.15, 0.2) is 10.5 Å². The number of ether oxygens (including phenoxy) is 1. The molecule has 2 rings (SSSR count). The molecule has 7 heteroatoms. The topological polar surface area (TPSA) is 97.8 Å². The van der Waals surface area contributed by atoms with Crippen molar-refractivity contribution in [1.29, 1.82) is 0 Å². The normalized spacial score (nSPS) is 14.9. The number of hydrogen-bond donors (Lipinski definition) is 2. The summed E-state index contributed by atoms with van der Waals surface area (Å²) in [7, 11) is 0. The number of carbonyl (C=O) groups is 2. The zero-order valence-corrected chi connectivity index (χ0v) is 9.36. The van der Waals surface area contributed by atoms with Crippen LogP contribution in [-0.4, -0.2) is 30.1 Å². The summed E-state index contributed by atoms with van der Waals surface area (Å²) < 4.78 is 10.1. The summed E-state index contributed by atoms with van der Waals surface area (Å²) in [5.74, 6) is 5.23. The van der Waals surface area contributed by atoms with Crippen molar-refractivity contribution in [2.75, 3.05) is 13.2 Å². The van der Waals surface area contributed by atoms with Crippen molar-refractivity contribution in [2.24, 2.45) is 5.84 Å². The van der Waals surface area contributed by atoms with Crippen molar-refractivity contribution in [3.8, 4) is 0 Å². The molecule has 2 amide bonds. The molecule has 0 spiro atoms. The number of rotatable bonds is 3. The van der Waals surface area contributed by atoms with Crippen molar-refractivity contribution >= 4 is 12.0 Å². The van der Waals surface area contributed by atoms with E-state index in [9.17, 15) is 9.59 Å². The molecule has 0 aromatic carbocycles. The maximum absolute atomic E-state index is 11.3. The Morgan fingerprint density at radius 3 is 3.00 bits per heavy atom. The van der Waals surface area contributed by atoms with Gasteiger partial charge in [-0.2, -0.15) is 0 Å². The molecule has 0 unspecified atom stereocenters. The summed E-state index contributed by atoms with van der Waals surface area (Å²) in [6.45, 7) is 2.93. The van der Waals surface area contributed by atoms with Crippen molar-refractivity contribution in [3.05, 3.63) is 23.2 Å². The van der Waals surface area contributed by atoms with Crippen LogP contribution < -0.4 is 11.3 Å². The largest absolute Gasteiger partial charge is 0.454 e. The van der Waals surface area contributed by atoms with Gasteiger partial charge in [0.2, 0.25) is 0 Å². The molecule has 0 radical (unpaired) electrons. The number of nitrogens with two attached hydrogens (primary N) is 1. The van der Waals surface area contributed by atoms with Crippen LogP contribution in [0.3, 0.4) is 0 Å². The average Bonchev–Trinajstić information content (AvgIpc) is 2.86. The second-order valence-corrected chi connectivity index (χ2v) is 3.73. The van der Waals surface area contributed by atoms with Crippen LogP contribution in [-0.2, 0) is 11.3 Å². The Kier molecular flexibility index (Phi) is 3.01. The van der Waals surface area contributed by atoms with E-state index in [4.69, 9.17) is 15.0 Å². The summed E-state index contributed by atoms with van der Waals surface area (Å²) in [5.41, 5.74) is 2.68. The number of aryl methyl sites for hydroxylation is 1. The maximum Gasteiger partial charge on any atom is 0.410 e. The average molecular weight is 239 g/mol. The first-order valence-corrected chi connectivity index (χ1v) is 5.13. The molecule has 92 valence electrons. The van der Waals surface area contributed by atoms with Crippen molar-refractivity contribution in [3.63, 3.8) is 0 Å². The fourth-order valence-corrected chi connectivity index (χ4v) is 1.67. The first-order chi connectivity index (χ1) is 8.11. The minimum absolute atomic E-state index is 0.162. The quantitative estimate of drug-likeness (QED) is 0.444. The minimum atomic E-state index is -0.488. The van der Waals surface area contributed by atoms with E-state index < -0.39 is 5.91 Å². The molecule has 0 saturated carbocycles. The number of nitrogens with zero attached hydrogens (tertiary/aromatic N) is 1. The molecule has 0 aliphatic carbocycles. The molecule has 0 bridgehead atoms. The SMILES string of the molecule is Cc1cc(CN2CCOC2=O)oc1C(=O)NN. The number of nitrogens with one attached hydrogen (secondary N) is 1. The molecule has 1 aliphatic rings. The lowest BCUT2D eigenvalue weighted by atomic mass is 10.2. The summed E-state index contributed by atoms with van der Waals surface area (Å²) >= 11 is 0.